The monoisotopic (exact) mass is 451 g/mol. The van der Waals surface area contributed by atoms with Crippen LogP contribution in [0.15, 0.2) is 24.3 Å². The van der Waals surface area contributed by atoms with Gasteiger partial charge in [-0.25, -0.2) is 0 Å². The zero-order valence-electron chi connectivity index (χ0n) is 18.2. The van der Waals surface area contributed by atoms with E-state index in [1.54, 1.807) is 0 Å². The summed E-state index contributed by atoms with van der Waals surface area (Å²) in [5, 5.41) is 3.01. The maximum atomic E-state index is 13.1. The number of amides is 1. The van der Waals surface area contributed by atoms with Gasteiger partial charge < -0.3 is 14.8 Å². The Bertz CT molecular complexity index is 850. The second-order valence-electron chi connectivity index (χ2n) is 8.58. The normalized spacial score (nSPS) is 23.3. The molecule has 1 aromatic carbocycles. The van der Waals surface area contributed by atoms with E-state index < -0.39 is 16.0 Å². The van der Waals surface area contributed by atoms with Crippen LogP contribution in [0.2, 0.25) is 0 Å². The van der Waals surface area contributed by atoms with Gasteiger partial charge in [-0.1, -0.05) is 31.2 Å². The molecule has 172 valence electrons. The van der Waals surface area contributed by atoms with Crippen molar-refractivity contribution in [1.29, 1.82) is 0 Å². The molecule has 31 heavy (non-hydrogen) atoms. The molecule has 0 bridgehead atoms. The summed E-state index contributed by atoms with van der Waals surface area (Å²) in [6.07, 6.45) is 3.20. The Morgan fingerprint density at radius 1 is 1.00 bits per heavy atom. The Morgan fingerprint density at radius 3 is 2.13 bits per heavy atom. The molecule has 4 rings (SSSR count). The molecule has 0 unspecified atom stereocenters. The van der Waals surface area contributed by atoms with Crippen LogP contribution in [-0.2, 0) is 37.4 Å². The van der Waals surface area contributed by atoms with E-state index in [-0.39, 0.29) is 11.8 Å². The number of hydrogen-bond acceptors (Lipinski definition) is 5. The van der Waals surface area contributed by atoms with Crippen LogP contribution in [-0.4, -0.2) is 68.1 Å². The Labute approximate surface area is 185 Å². The van der Waals surface area contributed by atoms with Gasteiger partial charge in [0.05, 0.1) is 13.2 Å². The van der Waals surface area contributed by atoms with Gasteiger partial charge in [0.1, 0.15) is 0 Å². The van der Waals surface area contributed by atoms with Crippen molar-refractivity contribution in [2.75, 3.05) is 39.4 Å². The van der Waals surface area contributed by atoms with E-state index in [9.17, 15) is 13.2 Å². The highest BCUT2D eigenvalue weighted by Gasteiger charge is 2.44. The summed E-state index contributed by atoms with van der Waals surface area (Å²) >= 11 is 0. The molecule has 3 aliphatic rings. The molecule has 3 saturated heterocycles. The maximum Gasteiger partial charge on any atom is 0.281 e. The Balaban J connectivity index is 1.24. The third kappa shape index (κ3) is 5.12. The summed E-state index contributed by atoms with van der Waals surface area (Å²) in [5.74, 6) is -0.730. The number of nitrogens with one attached hydrogen (secondary N) is 1. The average Bonchev–Trinajstić information content (AvgIpc) is 3.26. The zero-order valence-corrected chi connectivity index (χ0v) is 19.0. The molecule has 3 aliphatic heterocycles. The van der Waals surface area contributed by atoms with Crippen molar-refractivity contribution >= 4 is 16.1 Å². The summed E-state index contributed by atoms with van der Waals surface area (Å²) in [6, 6.07) is 8.24. The van der Waals surface area contributed by atoms with E-state index >= 15 is 0 Å². The number of rotatable bonds is 6. The molecule has 8 nitrogen and oxygen atoms in total. The second kappa shape index (κ2) is 9.54. The lowest BCUT2D eigenvalue weighted by molar-refractivity contribution is -0.179. The van der Waals surface area contributed by atoms with Gasteiger partial charge in [-0.2, -0.15) is 17.0 Å². The zero-order chi connectivity index (χ0) is 21.9. The Hall–Kier alpha value is -1.52. The molecule has 9 heteroatoms. The fraction of sp³-hybridized carbons (Fsp3) is 0.682. The first-order chi connectivity index (χ1) is 14.9. The van der Waals surface area contributed by atoms with Crippen LogP contribution in [0, 0.1) is 5.92 Å². The largest absolute Gasteiger partial charge is 0.352 e. The van der Waals surface area contributed by atoms with Gasteiger partial charge in [-0.05, 0) is 30.4 Å². The van der Waals surface area contributed by atoms with E-state index in [0.29, 0.717) is 71.6 Å². The van der Waals surface area contributed by atoms with Crippen LogP contribution in [0.25, 0.3) is 0 Å². The van der Waals surface area contributed by atoms with Gasteiger partial charge in [-0.3, -0.25) is 4.79 Å². The van der Waals surface area contributed by atoms with Crippen molar-refractivity contribution in [2.45, 2.75) is 51.4 Å². The lowest BCUT2D eigenvalue weighted by Crippen LogP contribution is -2.53. The van der Waals surface area contributed by atoms with Gasteiger partial charge in [0.25, 0.3) is 10.2 Å². The number of hydrogen-bond donors (Lipinski definition) is 1. The van der Waals surface area contributed by atoms with E-state index in [1.165, 1.54) is 14.2 Å². The van der Waals surface area contributed by atoms with Crippen LogP contribution in [0.1, 0.15) is 43.7 Å². The third-order valence-electron chi connectivity index (χ3n) is 6.67. The first-order valence-corrected chi connectivity index (χ1v) is 12.7. The molecular weight excluding hydrogens is 418 g/mol. The predicted molar refractivity (Wildman–Crippen MR) is 116 cm³/mol. The molecule has 0 aromatic heterocycles. The lowest BCUT2D eigenvalue weighted by atomic mass is 9.97. The van der Waals surface area contributed by atoms with Crippen molar-refractivity contribution in [3.8, 4) is 0 Å². The predicted octanol–water partition coefficient (Wildman–Crippen LogP) is 1.66. The Kier molecular flexibility index (Phi) is 6.98. The first kappa shape index (κ1) is 22.7. The summed E-state index contributed by atoms with van der Waals surface area (Å²) < 4.78 is 40.5. The molecule has 0 radical (unpaired) electrons. The average molecular weight is 452 g/mol. The summed E-state index contributed by atoms with van der Waals surface area (Å²) in [5.41, 5.74) is 2.35. The minimum Gasteiger partial charge on any atom is -0.352 e. The molecule has 3 fully saturated rings. The topological polar surface area (TPSA) is 88.2 Å². The van der Waals surface area contributed by atoms with Crippen LogP contribution in [0.4, 0.5) is 0 Å². The molecule has 0 atom stereocenters. The second-order valence-corrected chi connectivity index (χ2v) is 10.5. The van der Waals surface area contributed by atoms with Crippen molar-refractivity contribution in [1.82, 2.24) is 13.9 Å². The smallest absolute Gasteiger partial charge is 0.281 e. The molecule has 1 spiro atoms. The number of benzene rings is 1. The summed E-state index contributed by atoms with van der Waals surface area (Å²) in [6.45, 7) is 5.32. The number of aryl methyl sites for hydroxylation is 1. The molecular formula is C22H33N3O5S. The molecule has 3 heterocycles. The molecule has 0 aliphatic carbocycles. The van der Waals surface area contributed by atoms with Gasteiger partial charge >= 0.3 is 0 Å². The highest BCUT2D eigenvalue weighted by molar-refractivity contribution is 7.86. The molecule has 1 amide bonds. The SMILES string of the molecule is CCc1ccc(CNC(=O)C2CCN(S(=O)(=O)N3CCC4(CC3)OCCO4)CC2)cc1. The lowest BCUT2D eigenvalue weighted by Gasteiger charge is -2.40. The quantitative estimate of drug-likeness (QED) is 0.711. The molecule has 1 N–H and O–H groups in total. The number of nitrogens with zero attached hydrogens (tertiary/aromatic N) is 2. The van der Waals surface area contributed by atoms with Crippen molar-refractivity contribution in [3.63, 3.8) is 0 Å². The minimum absolute atomic E-state index is 0.00654. The van der Waals surface area contributed by atoms with Crippen molar-refractivity contribution < 1.29 is 22.7 Å². The van der Waals surface area contributed by atoms with E-state index in [0.717, 1.165) is 12.0 Å². The van der Waals surface area contributed by atoms with Gasteiger partial charge in [-0.15, -0.1) is 0 Å². The molecule has 1 aromatic rings. The number of piperidine rings is 2. The van der Waals surface area contributed by atoms with E-state index in [1.807, 2.05) is 12.1 Å². The van der Waals surface area contributed by atoms with Crippen LogP contribution >= 0.6 is 0 Å². The number of carbonyl (C=O) groups excluding carboxylic acids is 1. The van der Waals surface area contributed by atoms with E-state index in [2.05, 4.69) is 24.4 Å². The fourth-order valence-electron chi connectivity index (χ4n) is 4.58. The fourth-order valence-corrected chi connectivity index (χ4v) is 6.22. The maximum absolute atomic E-state index is 13.1. The van der Waals surface area contributed by atoms with Crippen molar-refractivity contribution in [2.24, 2.45) is 5.92 Å². The first-order valence-electron chi connectivity index (χ1n) is 11.3. The highest BCUT2D eigenvalue weighted by Crippen LogP contribution is 2.33. The van der Waals surface area contributed by atoms with E-state index in [4.69, 9.17) is 9.47 Å². The number of ether oxygens (including phenoxy) is 2. The third-order valence-corrected chi connectivity index (χ3v) is 8.71. The highest BCUT2D eigenvalue weighted by atomic mass is 32.2. The summed E-state index contributed by atoms with van der Waals surface area (Å²) in [7, 11) is -3.52. The van der Waals surface area contributed by atoms with Gasteiger partial charge in [0, 0.05) is 51.5 Å². The van der Waals surface area contributed by atoms with Crippen molar-refractivity contribution in [3.05, 3.63) is 35.4 Å². The van der Waals surface area contributed by atoms with Crippen LogP contribution in [0.5, 0.6) is 0 Å². The van der Waals surface area contributed by atoms with Crippen LogP contribution < -0.4 is 5.32 Å². The van der Waals surface area contributed by atoms with Gasteiger partial charge in [0.15, 0.2) is 5.79 Å². The van der Waals surface area contributed by atoms with Crippen LogP contribution in [0.3, 0.4) is 0 Å². The van der Waals surface area contributed by atoms with Gasteiger partial charge in [0.2, 0.25) is 5.91 Å². The standard InChI is InChI=1S/C22H33N3O5S/c1-2-18-3-5-19(6-4-18)17-23-21(26)20-7-11-24(12-8-20)31(27,28)25-13-9-22(10-14-25)29-15-16-30-22/h3-6,20H,2,7-17H2,1H3,(H,23,26). The Morgan fingerprint density at radius 2 is 1.55 bits per heavy atom. The minimum atomic E-state index is -3.52. The molecule has 0 saturated carbocycles. The summed E-state index contributed by atoms with van der Waals surface area (Å²) in [4.78, 5) is 12.6. The number of carbonyl (C=O) groups is 1.